The highest BCUT2D eigenvalue weighted by Crippen LogP contribution is 2.22. The lowest BCUT2D eigenvalue weighted by Gasteiger charge is -2.07. The second-order valence-electron chi connectivity index (χ2n) is 6.17. The van der Waals surface area contributed by atoms with Crippen LogP contribution in [0.15, 0.2) is 48.5 Å². The van der Waals surface area contributed by atoms with E-state index in [-0.39, 0.29) is 5.91 Å². The minimum Gasteiger partial charge on any atom is -0.348 e. The summed E-state index contributed by atoms with van der Waals surface area (Å²) in [4.78, 5) is 12.6. The van der Waals surface area contributed by atoms with Gasteiger partial charge in [-0.3, -0.25) is 4.79 Å². The predicted molar refractivity (Wildman–Crippen MR) is 105 cm³/mol. The Morgan fingerprint density at radius 2 is 1.77 bits per heavy atom. The zero-order chi connectivity index (χ0) is 18.7. The molecule has 0 unspecified atom stereocenters. The third kappa shape index (κ3) is 4.09. The number of nitrogens with one attached hydrogen (secondary N) is 1. The fourth-order valence-electron chi connectivity index (χ4n) is 2.69. The van der Waals surface area contributed by atoms with Gasteiger partial charge >= 0.3 is 0 Å². The highest BCUT2D eigenvalue weighted by molar-refractivity contribution is 6.33. The van der Waals surface area contributed by atoms with Crippen molar-refractivity contribution >= 4 is 29.1 Å². The van der Waals surface area contributed by atoms with Crippen molar-refractivity contribution in [1.82, 2.24) is 15.1 Å². The van der Waals surface area contributed by atoms with Crippen LogP contribution in [0.25, 0.3) is 0 Å². The number of hydrogen-bond acceptors (Lipinski definition) is 2. The van der Waals surface area contributed by atoms with E-state index in [1.807, 2.05) is 49.4 Å². The molecule has 6 heteroatoms. The van der Waals surface area contributed by atoms with E-state index in [0.29, 0.717) is 34.5 Å². The Balaban J connectivity index is 1.75. The van der Waals surface area contributed by atoms with Crippen molar-refractivity contribution in [2.75, 3.05) is 0 Å². The van der Waals surface area contributed by atoms with E-state index in [1.165, 1.54) is 5.56 Å². The molecule has 0 radical (unpaired) electrons. The van der Waals surface area contributed by atoms with Gasteiger partial charge in [0, 0.05) is 11.6 Å². The molecule has 0 fully saturated rings. The Morgan fingerprint density at radius 3 is 2.46 bits per heavy atom. The second-order valence-corrected chi connectivity index (χ2v) is 6.93. The largest absolute Gasteiger partial charge is 0.348 e. The maximum Gasteiger partial charge on any atom is 0.256 e. The summed E-state index contributed by atoms with van der Waals surface area (Å²) < 4.78 is 1.64. The number of rotatable bonds is 5. The Kier molecular flexibility index (Phi) is 5.64. The molecule has 0 atom stereocenters. The van der Waals surface area contributed by atoms with Crippen LogP contribution in [0.2, 0.25) is 10.2 Å². The summed E-state index contributed by atoms with van der Waals surface area (Å²) in [5.74, 6) is -0.262. The van der Waals surface area contributed by atoms with E-state index < -0.39 is 0 Å². The Morgan fingerprint density at radius 1 is 1.08 bits per heavy atom. The molecule has 0 saturated carbocycles. The van der Waals surface area contributed by atoms with Crippen LogP contribution in [-0.2, 0) is 13.1 Å². The first-order valence-corrected chi connectivity index (χ1v) is 9.01. The first kappa shape index (κ1) is 18.5. The zero-order valence-electron chi connectivity index (χ0n) is 14.6. The number of hydrogen-bond donors (Lipinski definition) is 1. The number of aromatic nitrogens is 2. The molecule has 1 heterocycles. The Hall–Kier alpha value is -2.30. The van der Waals surface area contributed by atoms with Crippen molar-refractivity contribution < 1.29 is 4.79 Å². The van der Waals surface area contributed by atoms with Gasteiger partial charge in [-0.15, -0.1) is 0 Å². The van der Waals surface area contributed by atoms with E-state index in [0.717, 1.165) is 11.1 Å². The number of benzene rings is 2. The predicted octanol–water partition coefficient (Wildman–Crippen LogP) is 4.79. The molecule has 4 nitrogen and oxygen atoms in total. The molecule has 0 aliphatic carbocycles. The number of halogens is 2. The van der Waals surface area contributed by atoms with E-state index in [2.05, 4.69) is 10.4 Å². The maximum absolute atomic E-state index is 12.6. The zero-order valence-corrected chi connectivity index (χ0v) is 16.1. The van der Waals surface area contributed by atoms with Gasteiger partial charge in [-0.25, -0.2) is 4.68 Å². The fourth-order valence-corrected chi connectivity index (χ4v) is 3.21. The van der Waals surface area contributed by atoms with E-state index in [4.69, 9.17) is 23.2 Å². The van der Waals surface area contributed by atoms with Crippen molar-refractivity contribution in [2.24, 2.45) is 0 Å². The van der Waals surface area contributed by atoms with E-state index >= 15 is 0 Å². The third-order valence-electron chi connectivity index (χ3n) is 4.14. The number of aryl methyl sites for hydroxylation is 2. The lowest BCUT2D eigenvalue weighted by molar-refractivity contribution is 0.0950. The van der Waals surface area contributed by atoms with Crippen LogP contribution in [0.3, 0.4) is 0 Å². The molecule has 0 aliphatic rings. The molecule has 0 spiro atoms. The van der Waals surface area contributed by atoms with Gasteiger partial charge in [0.25, 0.3) is 5.91 Å². The molecule has 3 rings (SSSR count). The lowest BCUT2D eigenvalue weighted by Crippen LogP contribution is -2.23. The van der Waals surface area contributed by atoms with Crippen LogP contribution >= 0.6 is 23.2 Å². The molecule has 0 aliphatic heterocycles. The van der Waals surface area contributed by atoms with Crippen LogP contribution in [0, 0.1) is 13.8 Å². The molecule has 0 saturated heterocycles. The molecule has 26 heavy (non-hydrogen) atoms. The van der Waals surface area contributed by atoms with Crippen molar-refractivity contribution in [3.63, 3.8) is 0 Å². The summed E-state index contributed by atoms with van der Waals surface area (Å²) in [6.07, 6.45) is 0. The molecule has 134 valence electrons. The summed E-state index contributed by atoms with van der Waals surface area (Å²) in [6.45, 7) is 4.66. The molecule has 1 amide bonds. The van der Waals surface area contributed by atoms with Gasteiger partial charge < -0.3 is 5.32 Å². The minimum atomic E-state index is -0.262. The number of nitrogens with zero attached hydrogens (tertiary/aromatic N) is 2. The van der Waals surface area contributed by atoms with Crippen molar-refractivity contribution in [3.8, 4) is 0 Å². The highest BCUT2D eigenvalue weighted by atomic mass is 35.5. The van der Waals surface area contributed by atoms with Gasteiger partial charge in [0.1, 0.15) is 5.15 Å². The van der Waals surface area contributed by atoms with Crippen LogP contribution in [-0.4, -0.2) is 15.7 Å². The lowest BCUT2D eigenvalue weighted by atomic mass is 10.1. The van der Waals surface area contributed by atoms with Gasteiger partial charge in [-0.1, -0.05) is 71.2 Å². The van der Waals surface area contributed by atoms with Crippen LogP contribution < -0.4 is 5.32 Å². The standard InChI is InChI=1S/C20H19Cl2N3O/c1-13-7-9-15(10-8-13)12-25-19(22)18(14(2)24-25)20(26)23-11-16-5-3-4-6-17(16)21/h3-10H,11-12H2,1-2H3,(H,23,26). The molecular formula is C20H19Cl2N3O. The highest BCUT2D eigenvalue weighted by Gasteiger charge is 2.20. The maximum atomic E-state index is 12.6. The molecule has 3 aromatic rings. The summed E-state index contributed by atoms with van der Waals surface area (Å²) >= 11 is 12.6. The smallest absolute Gasteiger partial charge is 0.256 e. The van der Waals surface area contributed by atoms with Gasteiger partial charge in [-0.05, 0) is 31.0 Å². The molecule has 1 aromatic heterocycles. The number of carbonyl (C=O) groups excluding carboxylic acids is 1. The first-order chi connectivity index (χ1) is 12.5. The number of carbonyl (C=O) groups is 1. The SMILES string of the molecule is Cc1ccc(Cn2nc(C)c(C(=O)NCc3ccccc3Cl)c2Cl)cc1. The monoisotopic (exact) mass is 387 g/mol. The first-order valence-electron chi connectivity index (χ1n) is 8.25. The van der Waals surface area contributed by atoms with Crippen molar-refractivity contribution in [3.05, 3.63) is 86.7 Å². The van der Waals surface area contributed by atoms with Gasteiger partial charge in [0.15, 0.2) is 0 Å². The van der Waals surface area contributed by atoms with E-state index in [9.17, 15) is 4.79 Å². The Bertz CT molecular complexity index is 933. The minimum absolute atomic E-state index is 0.262. The number of amides is 1. The average Bonchev–Trinajstić information content (AvgIpc) is 2.89. The topological polar surface area (TPSA) is 46.9 Å². The fraction of sp³-hybridized carbons (Fsp3) is 0.200. The average molecular weight is 388 g/mol. The van der Waals surface area contributed by atoms with Gasteiger partial charge in [-0.2, -0.15) is 5.10 Å². The Labute approximate surface area is 162 Å². The summed E-state index contributed by atoms with van der Waals surface area (Å²) in [7, 11) is 0. The summed E-state index contributed by atoms with van der Waals surface area (Å²) in [5.41, 5.74) is 4.10. The third-order valence-corrected chi connectivity index (χ3v) is 4.90. The second kappa shape index (κ2) is 7.94. The molecule has 2 aromatic carbocycles. The summed E-state index contributed by atoms with van der Waals surface area (Å²) in [5, 5.41) is 8.23. The van der Waals surface area contributed by atoms with Crippen molar-refractivity contribution in [1.29, 1.82) is 0 Å². The molecule has 1 N–H and O–H groups in total. The normalized spacial score (nSPS) is 10.8. The summed E-state index contributed by atoms with van der Waals surface area (Å²) in [6, 6.07) is 15.5. The van der Waals surface area contributed by atoms with Crippen LogP contribution in [0.1, 0.15) is 32.7 Å². The van der Waals surface area contributed by atoms with Gasteiger partial charge in [0.05, 0.1) is 17.8 Å². The quantitative estimate of drug-likeness (QED) is 0.684. The van der Waals surface area contributed by atoms with Gasteiger partial charge in [0.2, 0.25) is 0 Å². The van der Waals surface area contributed by atoms with Crippen LogP contribution in [0.5, 0.6) is 0 Å². The molecule has 0 bridgehead atoms. The molecular weight excluding hydrogens is 369 g/mol. The van der Waals surface area contributed by atoms with E-state index in [1.54, 1.807) is 17.7 Å². The van der Waals surface area contributed by atoms with Crippen LogP contribution in [0.4, 0.5) is 0 Å². The van der Waals surface area contributed by atoms with Crippen molar-refractivity contribution in [2.45, 2.75) is 26.9 Å².